The summed E-state index contributed by atoms with van der Waals surface area (Å²) < 4.78 is 6.43. The van der Waals surface area contributed by atoms with Crippen LogP contribution in [0.2, 0.25) is 0 Å². The third-order valence-corrected chi connectivity index (χ3v) is 4.48. The first-order valence-electron chi connectivity index (χ1n) is 7.44. The van der Waals surface area contributed by atoms with E-state index in [0.717, 1.165) is 6.54 Å². The average Bonchev–Trinajstić information content (AvgIpc) is 3.11. The Bertz CT molecular complexity index is 523. The normalized spacial score (nSPS) is 25.9. The molecule has 0 radical (unpaired) electrons. The van der Waals surface area contributed by atoms with E-state index < -0.39 is 0 Å². The van der Waals surface area contributed by atoms with Crippen LogP contribution in [-0.4, -0.2) is 24.4 Å². The van der Waals surface area contributed by atoms with Crippen molar-refractivity contribution in [2.75, 3.05) is 6.54 Å². The first-order valence-corrected chi connectivity index (χ1v) is 7.44. The highest BCUT2D eigenvalue weighted by Gasteiger charge is 2.48. The Labute approximate surface area is 120 Å². The third kappa shape index (κ3) is 1.98. The molecule has 4 rings (SSSR count). The summed E-state index contributed by atoms with van der Waals surface area (Å²) in [4.78, 5) is 2.53. The van der Waals surface area contributed by atoms with Gasteiger partial charge in [-0.05, 0) is 30.4 Å². The summed E-state index contributed by atoms with van der Waals surface area (Å²) in [7, 11) is 0.119. The molecule has 2 fully saturated rings. The summed E-state index contributed by atoms with van der Waals surface area (Å²) in [6, 6.07) is 21.8. The average molecular weight is 263 g/mol. The van der Waals surface area contributed by atoms with Crippen LogP contribution in [0.1, 0.15) is 24.5 Å². The van der Waals surface area contributed by atoms with E-state index in [1.165, 1.54) is 23.9 Å². The van der Waals surface area contributed by atoms with Gasteiger partial charge >= 0.3 is 7.05 Å². The van der Waals surface area contributed by atoms with Crippen LogP contribution in [-0.2, 0) is 4.65 Å². The quantitative estimate of drug-likeness (QED) is 0.772. The summed E-state index contributed by atoms with van der Waals surface area (Å²) in [6.45, 7) is 1.15. The molecule has 2 aromatic rings. The van der Waals surface area contributed by atoms with Gasteiger partial charge in [0.1, 0.15) is 0 Å². The molecule has 0 aromatic heterocycles. The summed E-state index contributed by atoms with van der Waals surface area (Å²) in [6.07, 6.45) is 2.73. The molecule has 2 aliphatic heterocycles. The summed E-state index contributed by atoms with van der Waals surface area (Å²) >= 11 is 0. The Hall–Kier alpha value is -1.58. The second-order valence-electron chi connectivity index (χ2n) is 5.68. The number of benzene rings is 2. The molecule has 0 saturated carbocycles. The maximum Gasteiger partial charge on any atom is 0.419 e. The van der Waals surface area contributed by atoms with Gasteiger partial charge in [-0.1, -0.05) is 60.7 Å². The highest BCUT2D eigenvalue weighted by atomic mass is 16.5. The van der Waals surface area contributed by atoms with Crippen LogP contribution in [0.15, 0.2) is 60.7 Å². The minimum absolute atomic E-state index is 0.119. The van der Waals surface area contributed by atoms with Crippen LogP contribution < -0.4 is 5.46 Å². The minimum atomic E-state index is 0.119. The van der Waals surface area contributed by atoms with E-state index in [9.17, 15) is 0 Å². The van der Waals surface area contributed by atoms with Crippen molar-refractivity contribution in [3.63, 3.8) is 0 Å². The van der Waals surface area contributed by atoms with Crippen molar-refractivity contribution in [2.24, 2.45) is 0 Å². The highest BCUT2D eigenvalue weighted by molar-refractivity contribution is 6.65. The summed E-state index contributed by atoms with van der Waals surface area (Å²) in [5.74, 6) is 0. The zero-order chi connectivity index (χ0) is 13.4. The first kappa shape index (κ1) is 12.2. The van der Waals surface area contributed by atoms with Crippen LogP contribution in [0.4, 0.5) is 0 Å². The molecule has 0 spiro atoms. The molecule has 0 unspecified atom stereocenters. The van der Waals surface area contributed by atoms with E-state index in [1.807, 2.05) is 0 Å². The Morgan fingerprint density at radius 3 is 2.40 bits per heavy atom. The molecule has 0 N–H and O–H groups in total. The molecule has 2 aliphatic rings. The fraction of sp³-hybridized carbons (Fsp3) is 0.294. The van der Waals surface area contributed by atoms with Gasteiger partial charge in [0, 0.05) is 6.04 Å². The lowest BCUT2D eigenvalue weighted by Gasteiger charge is -2.19. The van der Waals surface area contributed by atoms with Crippen molar-refractivity contribution in [3.8, 4) is 0 Å². The minimum Gasteiger partial charge on any atom is -0.409 e. The molecule has 3 heteroatoms. The topological polar surface area (TPSA) is 12.5 Å². The maximum atomic E-state index is 6.43. The summed E-state index contributed by atoms with van der Waals surface area (Å²) in [5, 5.41) is 0. The van der Waals surface area contributed by atoms with Gasteiger partial charge in [-0.3, -0.25) is 0 Å². The largest absolute Gasteiger partial charge is 0.419 e. The first-order chi connectivity index (χ1) is 9.93. The van der Waals surface area contributed by atoms with Crippen molar-refractivity contribution < 1.29 is 4.65 Å². The Morgan fingerprint density at radius 2 is 1.65 bits per heavy atom. The fourth-order valence-corrected chi connectivity index (χ4v) is 3.57. The number of hydrogen-bond donors (Lipinski definition) is 0. The maximum absolute atomic E-state index is 6.43. The molecule has 0 aliphatic carbocycles. The molecular formula is C17H18BNO. The van der Waals surface area contributed by atoms with E-state index in [-0.39, 0.29) is 13.2 Å². The molecule has 2 heterocycles. The van der Waals surface area contributed by atoms with E-state index in [0.29, 0.717) is 6.04 Å². The van der Waals surface area contributed by atoms with Crippen molar-refractivity contribution >= 4 is 12.5 Å². The molecule has 2 aromatic carbocycles. The Balaban J connectivity index is 1.68. The number of hydrogen-bond acceptors (Lipinski definition) is 2. The predicted molar refractivity (Wildman–Crippen MR) is 81.8 cm³/mol. The molecule has 0 amide bonds. The molecule has 0 bridgehead atoms. The van der Waals surface area contributed by atoms with E-state index in [2.05, 4.69) is 65.5 Å². The number of nitrogens with zero attached hydrogens (tertiary/aromatic N) is 1. The molecular weight excluding hydrogens is 245 g/mol. The van der Waals surface area contributed by atoms with E-state index in [1.54, 1.807) is 0 Å². The van der Waals surface area contributed by atoms with Gasteiger partial charge < -0.3 is 9.47 Å². The smallest absolute Gasteiger partial charge is 0.409 e. The van der Waals surface area contributed by atoms with Gasteiger partial charge in [0.05, 0.1) is 6.10 Å². The van der Waals surface area contributed by atoms with Gasteiger partial charge in [0.15, 0.2) is 0 Å². The van der Waals surface area contributed by atoms with Crippen molar-refractivity contribution in [1.82, 2.24) is 4.81 Å². The zero-order valence-corrected chi connectivity index (χ0v) is 11.5. The standard InChI is InChI=1S/C17H18BNO/c1-3-8-14(9-4-1)17-16-12-7-13-19(16)18(20-17)15-10-5-2-6-11-15/h1-6,8-11,16-17H,7,12-13H2/t16-,17+/m0/s1. The lowest BCUT2D eigenvalue weighted by Crippen LogP contribution is -2.45. The zero-order valence-electron chi connectivity index (χ0n) is 11.5. The lowest BCUT2D eigenvalue weighted by molar-refractivity contribution is 0.207. The molecule has 2 saturated heterocycles. The lowest BCUT2D eigenvalue weighted by atomic mass is 9.72. The molecule has 20 heavy (non-hydrogen) atoms. The van der Waals surface area contributed by atoms with Crippen molar-refractivity contribution in [1.29, 1.82) is 0 Å². The van der Waals surface area contributed by atoms with Gasteiger partial charge in [-0.25, -0.2) is 0 Å². The van der Waals surface area contributed by atoms with Crippen LogP contribution in [0.5, 0.6) is 0 Å². The van der Waals surface area contributed by atoms with Crippen LogP contribution >= 0.6 is 0 Å². The van der Waals surface area contributed by atoms with Gasteiger partial charge in [-0.15, -0.1) is 0 Å². The second-order valence-corrected chi connectivity index (χ2v) is 5.68. The molecule has 2 nitrogen and oxygen atoms in total. The van der Waals surface area contributed by atoms with Gasteiger partial charge in [0.25, 0.3) is 0 Å². The number of fused-ring (bicyclic) bond motifs is 1. The Morgan fingerprint density at radius 1 is 0.950 bits per heavy atom. The second kappa shape index (κ2) is 5.08. The van der Waals surface area contributed by atoms with Crippen molar-refractivity contribution in [2.45, 2.75) is 25.0 Å². The Kier molecular flexibility index (Phi) is 3.09. The van der Waals surface area contributed by atoms with E-state index in [4.69, 9.17) is 4.65 Å². The monoisotopic (exact) mass is 263 g/mol. The highest BCUT2D eigenvalue weighted by Crippen LogP contribution is 2.39. The predicted octanol–water partition coefficient (Wildman–Crippen LogP) is 2.62. The van der Waals surface area contributed by atoms with Crippen molar-refractivity contribution in [3.05, 3.63) is 66.2 Å². The SMILES string of the molecule is c1ccc(B2O[C@H](c3ccccc3)[C@@H]3CCCN23)cc1. The van der Waals surface area contributed by atoms with Gasteiger partial charge in [-0.2, -0.15) is 0 Å². The molecule has 100 valence electrons. The summed E-state index contributed by atoms with van der Waals surface area (Å²) in [5.41, 5.74) is 2.58. The van der Waals surface area contributed by atoms with Crippen LogP contribution in [0.25, 0.3) is 0 Å². The van der Waals surface area contributed by atoms with Crippen LogP contribution in [0.3, 0.4) is 0 Å². The van der Waals surface area contributed by atoms with Crippen LogP contribution in [0, 0.1) is 0 Å². The van der Waals surface area contributed by atoms with Gasteiger partial charge in [0.2, 0.25) is 0 Å². The van der Waals surface area contributed by atoms with E-state index >= 15 is 0 Å². The third-order valence-electron chi connectivity index (χ3n) is 4.48. The fourth-order valence-electron chi connectivity index (χ4n) is 3.57. The molecule has 2 atom stereocenters. The number of rotatable bonds is 2.